The van der Waals surface area contributed by atoms with E-state index in [1.54, 1.807) is 27.4 Å². The molecule has 2 aromatic rings. The van der Waals surface area contributed by atoms with Crippen molar-refractivity contribution in [3.05, 3.63) is 41.5 Å². The van der Waals surface area contributed by atoms with Crippen LogP contribution >= 0.6 is 0 Å². The first-order valence-corrected chi connectivity index (χ1v) is 9.46. The minimum Gasteiger partial charge on any atom is -0.497 e. The first kappa shape index (κ1) is 20.8. The van der Waals surface area contributed by atoms with Gasteiger partial charge in [0.05, 0.1) is 28.4 Å². The van der Waals surface area contributed by atoms with Crippen molar-refractivity contribution in [3.63, 3.8) is 0 Å². The van der Waals surface area contributed by atoms with Crippen molar-refractivity contribution >= 4 is 5.97 Å². The number of carbonyl (C=O) groups is 1. The van der Waals surface area contributed by atoms with Crippen LogP contribution in [0.4, 0.5) is 0 Å². The molecule has 0 spiro atoms. The highest BCUT2D eigenvalue weighted by atomic mass is 16.5. The lowest BCUT2D eigenvalue weighted by Gasteiger charge is -2.32. The van der Waals surface area contributed by atoms with Gasteiger partial charge in [-0.25, -0.2) is 0 Å². The topological polar surface area (TPSA) is 66.5 Å². The second-order valence-corrected chi connectivity index (χ2v) is 6.74. The van der Waals surface area contributed by atoms with Gasteiger partial charge >= 0.3 is 5.97 Å². The van der Waals surface area contributed by atoms with E-state index in [0.29, 0.717) is 48.3 Å². The molecule has 0 amide bonds. The van der Waals surface area contributed by atoms with E-state index >= 15 is 0 Å². The molecule has 0 radical (unpaired) electrons. The molecule has 1 aliphatic rings. The fraction of sp³-hybridized carbons (Fsp3) is 0.409. The Kier molecular flexibility index (Phi) is 6.49. The van der Waals surface area contributed by atoms with Crippen molar-refractivity contribution in [2.75, 3.05) is 28.4 Å². The van der Waals surface area contributed by atoms with Crippen molar-refractivity contribution in [2.45, 2.75) is 32.5 Å². The van der Waals surface area contributed by atoms with Crippen LogP contribution in [0.5, 0.6) is 28.7 Å². The van der Waals surface area contributed by atoms with E-state index < -0.39 is 0 Å². The number of hydrogen-bond donors (Lipinski definition) is 0. The van der Waals surface area contributed by atoms with Crippen molar-refractivity contribution < 1.29 is 28.5 Å². The highest BCUT2D eigenvalue weighted by Gasteiger charge is 2.29. The fourth-order valence-electron chi connectivity index (χ4n) is 3.55. The number of rotatable bonds is 6. The molecular weight excluding hydrogens is 374 g/mol. The molecule has 156 valence electrons. The van der Waals surface area contributed by atoms with Gasteiger partial charge in [0.15, 0.2) is 11.5 Å². The van der Waals surface area contributed by atoms with Crippen molar-refractivity contribution in [1.29, 1.82) is 0 Å². The summed E-state index contributed by atoms with van der Waals surface area (Å²) in [5.41, 5.74) is 1.84. The quantitative estimate of drug-likeness (QED) is 0.683. The van der Waals surface area contributed by atoms with E-state index in [9.17, 15) is 4.79 Å². The van der Waals surface area contributed by atoms with Gasteiger partial charge in [-0.3, -0.25) is 9.69 Å². The minimum absolute atomic E-state index is 0.258. The maximum atomic E-state index is 12.4. The maximum Gasteiger partial charge on any atom is 0.323 e. The summed E-state index contributed by atoms with van der Waals surface area (Å²) < 4.78 is 27.6. The van der Waals surface area contributed by atoms with E-state index in [1.165, 1.54) is 7.11 Å². The predicted molar refractivity (Wildman–Crippen MR) is 108 cm³/mol. The van der Waals surface area contributed by atoms with Crippen LogP contribution in [0.1, 0.15) is 24.5 Å². The number of esters is 1. The van der Waals surface area contributed by atoms with Gasteiger partial charge in [-0.2, -0.15) is 0 Å². The van der Waals surface area contributed by atoms with E-state index in [1.807, 2.05) is 31.2 Å². The second-order valence-electron chi connectivity index (χ2n) is 6.74. The van der Waals surface area contributed by atoms with Gasteiger partial charge in [-0.1, -0.05) is 13.0 Å². The average Bonchev–Trinajstić information content (AvgIpc) is 2.74. The molecule has 29 heavy (non-hydrogen) atoms. The van der Waals surface area contributed by atoms with Crippen LogP contribution in [-0.4, -0.2) is 45.4 Å². The van der Waals surface area contributed by atoms with Gasteiger partial charge in [0.1, 0.15) is 23.3 Å². The van der Waals surface area contributed by atoms with Crippen LogP contribution in [0.3, 0.4) is 0 Å². The van der Waals surface area contributed by atoms with Crippen LogP contribution in [0.25, 0.3) is 0 Å². The van der Waals surface area contributed by atoms with Crippen LogP contribution in [0, 0.1) is 0 Å². The van der Waals surface area contributed by atoms with Gasteiger partial charge in [0.25, 0.3) is 0 Å². The highest BCUT2D eigenvalue weighted by molar-refractivity contribution is 5.75. The monoisotopic (exact) mass is 401 g/mol. The SMILES string of the molecule is CCC(C(=O)OC)N1Cc2ccc(OC)cc2Oc2cc(OC)c(OC)cc2C1. The molecule has 1 unspecified atom stereocenters. The van der Waals surface area contributed by atoms with Crippen LogP contribution in [-0.2, 0) is 22.6 Å². The van der Waals surface area contributed by atoms with E-state index in [4.69, 9.17) is 23.7 Å². The molecule has 0 bridgehead atoms. The number of hydrogen-bond acceptors (Lipinski definition) is 7. The average molecular weight is 401 g/mol. The number of fused-ring (bicyclic) bond motifs is 2. The Balaban J connectivity index is 2.14. The van der Waals surface area contributed by atoms with Gasteiger partial charge in [0, 0.05) is 36.3 Å². The lowest BCUT2D eigenvalue weighted by Crippen LogP contribution is -2.41. The molecule has 0 saturated heterocycles. The Hall–Kier alpha value is -2.93. The molecule has 2 aromatic carbocycles. The Morgan fingerprint density at radius 3 is 2.24 bits per heavy atom. The van der Waals surface area contributed by atoms with E-state index in [2.05, 4.69) is 4.90 Å². The Morgan fingerprint density at radius 1 is 0.966 bits per heavy atom. The summed E-state index contributed by atoms with van der Waals surface area (Å²) in [6.45, 7) is 3.00. The summed E-state index contributed by atoms with van der Waals surface area (Å²) in [5, 5.41) is 0. The lowest BCUT2D eigenvalue weighted by atomic mass is 10.0. The highest BCUT2D eigenvalue weighted by Crippen LogP contribution is 2.41. The number of carbonyl (C=O) groups excluding carboxylic acids is 1. The third-order valence-electron chi connectivity index (χ3n) is 5.11. The fourth-order valence-corrected chi connectivity index (χ4v) is 3.55. The third-order valence-corrected chi connectivity index (χ3v) is 5.11. The molecule has 0 N–H and O–H groups in total. The molecule has 0 aliphatic carbocycles. The summed E-state index contributed by atoms with van der Waals surface area (Å²) in [5.74, 6) is 2.92. The first-order chi connectivity index (χ1) is 14.0. The van der Waals surface area contributed by atoms with Crippen LogP contribution < -0.4 is 18.9 Å². The summed E-state index contributed by atoms with van der Waals surface area (Å²) >= 11 is 0. The van der Waals surface area contributed by atoms with Gasteiger partial charge in [-0.05, 0) is 18.6 Å². The molecular formula is C22H27NO6. The molecule has 0 fully saturated rings. The maximum absolute atomic E-state index is 12.4. The van der Waals surface area contributed by atoms with Crippen LogP contribution in [0.15, 0.2) is 30.3 Å². The Bertz CT molecular complexity index is 882. The predicted octanol–water partition coefficient (Wildman–Crippen LogP) is 3.77. The Morgan fingerprint density at radius 2 is 1.62 bits per heavy atom. The standard InChI is InChI=1S/C22H27NO6/c1-6-17(22(24)28-5)23-12-14-7-8-16(25-2)10-18(14)29-19-11-21(27-4)20(26-3)9-15(19)13-23/h7-11,17H,6,12-13H2,1-5H3. The summed E-state index contributed by atoms with van der Waals surface area (Å²) in [7, 11) is 6.21. The van der Waals surface area contributed by atoms with Crippen molar-refractivity contribution in [3.8, 4) is 28.7 Å². The Labute approximate surface area is 171 Å². The van der Waals surface area contributed by atoms with Gasteiger partial charge in [-0.15, -0.1) is 0 Å². The molecule has 7 heteroatoms. The molecule has 0 saturated carbocycles. The summed E-state index contributed by atoms with van der Waals surface area (Å²) in [6.07, 6.45) is 0.627. The van der Waals surface area contributed by atoms with Gasteiger partial charge in [0.2, 0.25) is 0 Å². The van der Waals surface area contributed by atoms with Crippen molar-refractivity contribution in [1.82, 2.24) is 4.90 Å². The summed E-state index contributed by atoms with van der Waals surface area (Å²) in [6, 6.07) is 9.00. The van der Waals surface area contributed by atoms with Crippen molar-refractivity contribution in [2.24, 2.45) is 0 Å². The van der Waals surface area contributed by atoms with Gasteiger partial charge < -0.3 is 23.7 Å². The number of methoxy groups -OCH3 is 4. The zero-order valence-corrected chi connectivity index (χ0v) is 17.5. The molecule has 1 heterocycles. The van der Waals surface area contributed by atoms with E-state index in [0.717, 1.165) is 11.1 Å². The number of benzene rings is 2. The zero-order chi connectivity index (χ0) is 21.0. The number of nitrogens with zero attached hydrogens (tertiary/aromatic N) is 1. The lowest BCUT2D eigenvalue weighted by molar-refractivity contribution is -0.147. The van der Waals surface area contributed by atoms with E-state index in [-0.39, 0.29) is 12.0 Å². The second kappa shape index (κ2) is 9.05. The molecule has 7 nitrogen and oxygen atoms in total. The zero-order valence-electron chi connectivity index (χ0n) is 17.5. The molecule has 0 aromatic heterocycles. The molecule has 3 rings (SSSR count). The van der Waals surface area contributed by atoms with Crippen LogP contribution in [0.2, 0.25) is 0 Å². The normalized spacial score (nSPS) is 14.4. The smallest absolute Gasteiger partial charge is 0.323 e. The third kappa shape index (κ3) is 4.24. The molecule has 1 aliphatic heterocycles. The largest absolute Gasteiger partial charge is 0.497 e. The summed E-state index contributed by atoms with van der Waals surface area (Å²) in [4.78, 5) is 14.5. The molecule has 1 atom stereocenters. The number of ether oxygens (including phenoxy) is 5. The first-order valence-electron chi connectivity index (χ1n) is 9.46. The minimum atomic E-state index is -0.381.